The lowest BCUT2D eigenvalue weighted by atomic mass is 9.97. The summed E-state index contributed by atoms with van der Waals surface area (Å²) in [6.45, 7) is -1.70. The van der Waals surface area contributed by atoms with Crippen molar-refractivity contribution in [1.29, 1.82) is 0 Å². The molecule has 0 radical (unpaired) electrons. The van der Waals surface area contributed by atoms with E-state index >= 15 is 0 Å². The van der Waals surface area contributed by atoms with E-state index in [0.29, 0.717) is 0 Å². The summed E-state index contributed by atoms with van der Waals surface area (Å²) in [6, 6.07) is 1.37. The molecule has 1 aliphatic rings. The van der Waals surface area contributed by atoms with Crippen molar-refractivity contribution >= 4 is 5.82 Å². The highest BCUT2D eigenvalue weighted by atomic mass is 19.1. The molecule has 112 valence electrons. The molecule has 9 heteroatoms. The van der Waals surface area contributed by atoms with Crippen molar-refractivity contribution < 1.29 is 24.4 Å². The van der Waals surface area contributed by atoms with E-state index in [0.717, 1.165) is 4.57 Å². The Labute approximate surface area is 113 Å². The summed E-state index contributed by atoms with van der Waals surface area (Å²) in [5.41, 5.74) is 2.89. The molecule has 0 spiro atoms. The first-order chi connectivity index (χ1) is 9.43. The molecule has 0 amide bonds. The number of anilines is 1. The van der Waals surface area contributed by atoms with Gasteiger partial charge in [-0.15, -0.1) is 0 Å². The molecule has 20 heavy (non-hydrogen) atoms. The summed E-state index contributed by atoms with van der Waals surface area (Å²) in [5, 5.41) is 28.1. The topological polar surface area (TPSA) is 131 Å². The van der Waals surface area contributed by atoms with Crippen molar-refractivity contribution in [3.05, 3.63) is 22.7 Å². The van der Waals surface area contributed by atoms with Crippen molar-refractivity contribution in [1.82, 2.24) is 9.55 Å². The molecule has 5 N–H and O–H groups in total. The summed E-state index contributed by atoms with van der Waals surface area (Å²) >= 11 is 0. The smallest absolute Gasteiger partial charge is 0.349 e. The zero-order valence-electron chi connectivity index (χ0n) is 10.5. The Balaban J connectivity index is 2.20. The third-order valence-electron chi connectivity index (χ3n) is 3.39. The summed E-state index contributed by atoms with van der Waals surface area (Å²) in [7, 11) is 0. The third kappa shape index (κ3) is 2.40. The maximum atomic E-state index is 14.0. The van der Waals surface area contributed by atoms with E-state index in [1.54, 1.807) is 0 Å². The van der Waals surface area contributed by atoms with Gasteiger partial charge < -0.3 is 25.8 Å². The fraction of sp³-hybridized carbons (Fsp3) is 0.636. The molecule has 0 aliphatic carbocycles. The van der Waals surface area contributed by atoms with Crippen LogP contribution in [-0.2, 0) is 11.3 Å². The van der Waals surface area contributed by atoms with Crippen LogP contribution >= 0.6 is 0 Å². The van der Waals surface area contributed by atoms with Crippen LogP contribution in [0.5, 0.6) is 0 Å². The Hall–Kier alpha value is -1.55. The number of nitrogens with two attached hydrogens (primary N) is 1. The number of halogens is 1. The lowest BCUT2D eigenvalue weighted by Crippen LogP contribution is -2.48. The lowest BCUT2D eigenvalue weighted by molar-refractivity contribution is -0.137. The second kappa shape index (κ2) is 5.44. The maximum absolute atomic E-state index is 14.0. The number of hydrogen-bond donors (Lipinski definition) is 4. The van der Waals surface area contributed by atoms with E-state index in [1.807, 2.05) is 0 Å². The number of aliphatic hydroxyl groups is 3. The number of nitrogens with zero attached hydrogens (tertiary/aromatic N) is 2. The number of hydrogen-bond acceptors (Lipinski definition) is 7. The summed E-state index contributed by atoms with van der Waals surface area (Å²) < 4.78 is 20.3. The average molecular weight is 289 g/mol. The van der Waals surface area contributed by atoms with Gasteiger partial charge in [0.15, 0.2) is 6.17 Å². The van der Waals surface area contributed by atoms with Gasteiger partial charge in [-0.05, 0) is 6.07 Å². The number of aromatic nitrogens is 2. The van der Waals surface area contributed by atoms with E-state index in [-0.39, 0.29) is 12.4 Å². The summed E-state index contributed by atoms with van der Waals surface area (Å²) in [6.07, 6.45) is -3.39. The Morgan fingerprint density at radius 2 is 2.15 bits per heavy atom. The van der Waals surface area contributed by atoms with Crippen molar-refractivity contribution in [2.75, 3.05) is 18.9 Å². The van der Waals surface area contributed by atoms with Gasteiger partial charge in [0, 0.05) is 6.20 Å². The molecule has 2 heterocycles. The molecule has 1 fully saturated rings. The fourth-order valence-electron chi connectivity index (χ4n) is 2.15. The molecule has 0 bridgehead atoms. The molecule has 1 saturated heterocycles. The van der Waals surface area contributed by atoms with Gasteiger partial charge in [0.1, 0.15) is 23.6 Å². The normalized spacial score (nSPS) is 28.7. The first-order valence-electron chi connectivity index (χ1n) is 5.98. The Kier molecular flexibility index (Phi) is 4.04. The van der Waals surface area contributed by atoms with Crippen LogP contribution in [0.2, 0.25) is 0 Å². The lowest BCUT2D eigenvalue weighted by Gasteiger charge is -2.27. The number of rotatable bonds is 4. The molecule has 3 atom stereocenters. The number of nitrogen functional groups attached to an aromatic ring is 1. The molecule has 0 saturated carbocycles. The Bertz CT molecular complexity index is 533. The highest BCUT2D eigenvalue weighted by molar-refractivity contribution is 5.23. The highest BCUT2D eigenvalue weighted by Gasteiger charge is 2.54. The molecule has 0 aromatic carbocycles. The van der Waals surface area contributed by atoms with Crippen LogP contribution < -0.4 is 11.4 Å². The van der Waals surface area contributed by atoms with Gasteiger partial charge in [-0.3, -0.25) is 4.57 Å². The van der Waals surface area contributed by atoms with Crippen LogP contribution in [-0.4, -0.2) is 62.1 Å². The minimum Gasteiger partial charge on any atom is -0.393 e. The summed E-state index contributed by atoms with van der Waals surface area (Å²) in [5.74, 6) is 0.0375. The van der Waals surface area contributed by atoms with Gasteiger partial charge in [-0.1, -0.05) is 0 Å². The molecular formula is C11H16FN3O5. The molecule has 1 aliphatic heterocycles. The van der Waals surface area contributed by atoms with Gasteiger partial charge in [0.05, 0.1) is 19.8 Å². The fourth-order valence-corrected chi connectivity index (χ4v) is 2.15. The predicted molar refractivity (Wildman–Crippen MR) is 65.6 cm³/mol. The Morgan fingerprint density at radius 3 is 2.65 bits per heavy atom. The first kappa shape index (κ1) is 14.9. The van der Waals surface area contributed by atoms with Crippen LogP contribution in [0.4, 0.5) is 10.2 Å². The first-order valence-corrected chi connectivity index (χ1v) is 5.98. The molecular weight excluding hydrogens is 273 g/mol. The van der Waals surface area contributed by atoms with Crippen LogP contribution in [0.3, 0.4) is 0 Å². The van der Waals surface area contributed by atoms with Gasteiger partial charge in [-0.25, -0.2) is 9.18 Å². The highest BCUT2D eigenvalue weighted by Crippen LogP contribution is 2.33. The zero-order chi connectivity index (χ0) is 14.9. The predicted octanol–water partition coefficient (Wildman–Crippen LogP) is -2.35. The minimum absolute atomic E-state index is 0.0375. The number of aliphatic hydroxyl groups excluding tert-OH is 3. The van der Waals surface area contributed by atoms with Crippen LogP contribution in [0.1, 0.15) is 0 Å². The second-order valence-electron chi connectivity index (χ2n) is 4.71. The van der Waals surface area contributed by atoms with E-state index in [9.17, 15) is 24.5 Å². The van der Waals surface area contributed by atoms with Crippen molar-refractivity contribution in [3.63, 3.8) is 0 Å². The Morgan fingerprint density at radius 1 is 1.50 bits per heavy atom. The van der Waals surface area contributed by atoms with Crippen LogP contribution in [0, 0.1) is 0 Å². The van der Waals surface area contributed by atoms with Crippen molar-refractivity contribution in [2.45, 2.75) is 30.5 Å². The van der Waals surface area contributed by atoms with Gasteiger partial charge in [0.25, 0.3) is 0 Å². The molecule has 8 nitrogen and oxygen atoms in total. The second-order valence-corrected chi connectivity index (χ2v) is 4.71. The molecule has 1 aromatic heterocycles. The van der Waals surface area contributed by atoms with E-state index in [2.05, 4.69) is 4.98 Å². The van der Waals surface area contributed by atoms with Crippen molar-refractivity contribution in [2.24, 2.45) is 0 Å². The quantitative estimate of drug-likeness (QED) is 0.488. The number of alkyl halides is 1. The van der Waals surface area contributed by atoms with Crippen LogP contribution in [0.15, 0.2) is 17.1 Å². The van der Waals surface area contributed by atoms with Gasteiger partial charge >= 0.3 is 5.69 Å². The van der Waals surface area contributed by atoms with Gasteiger partial charge in [-0.2, -0.15) is 4.98 Å². The van der Waals surface area contributed by atoms with E-state index in [1.165, 1.54) is 12.3 Å². The monoisotopic (exact) mass is 289 g/mol. The van der Waals surface area contributed by atoms with Crippen molar-refractivity contribution in [3.8, 4) is 0 Å². The largest absolute Gasteiger partial charge is 0.393 e. The minimum atomic E-state index is -1.85. The standard InChI is InChI=1S/C11H16FN3O5/c12-8-6(20-11(4-16,5-17)9(8)18)3-15-2-1-7(13)14-10(15)19/h1-2,6,8-9,16-18H,3-5H2,(H2,13,14,19)/t6-,8-,9-/m0/s1. The molecule has 1 aromatic rings. The molecule has 0 unspecified atom stereocenters. The van der Waals surface area contributed by atoms with Crippen LogP contribution in [0.25, 0.3) is 0 Å². The zero-order valence-corrected chi connectivity index (χ0v) is 10.5. The average Bonchev–Trinajstić information content (AvgIpc) is 2.67. The van der Waals surface area contributed by atoms with E-state index < -0.39 is 42.9 Å². The van der Waals surface area contributed by atoms with Gasteiger partial charge in [0.2, 0.25) is 0 Å². The maximum Gasteiger partial charge on any atom is 0.349 e. The van der Waals surface area contributed by atoms with E-state index in [4.69, 9.17) is 10.5 Å². The third-order valence-corrected chi connectivity index (χ3v) is 3.39. The number of ether oxygens (including phenoxy) is 1. The summed E-state index contributed by atoms with van der Waals surface area (Å²) in [4.78, 5) is 15.0. The molecule has 2 rings (SSSR count). The SMILES string of the molecule is Nc1ccn(C[C@@H]2OC(CO)(CO)[C@@H](O)[C@H]2F)c(=O)n1.